The third-order valence-corrected chi connectivity index (χ3v) is 3.10. The largest absolute Gasteiger partial charge is 0.508 e. The molecule has 0 aliphatic rings. The van der Waals surface area contributed by atoms with Gasteiger partial charge in [0.2, 0.25) is 5.91 Å². The van der Waals surface area contributed by atoms with Crippen LogP contribution >= 0.6 is 0 Å². The molecule has 1 aromatic rings. The van der Waals surface area contributed by atoms with Crippen LogP contribution in [-0.2, 0) is 9.59 Å². The molecule has 0 fully saturated rings. The Morgan fingerprint density at radius 2 is 1.90 bits per heavy atom. The van der Waals surface area contributed by atoms with Crippen molar-refractivity contribution in [3.63, 3.8) is 0 Å². The van der Waals surface area contributed by atoms with Crippen LogP contribution in [0.25, 0.3) is 6.08 Å². The molecule has 0 aromatic heterocycles. The summed E-state index contributed by atoms with van der Waals surface area (Å²) in [4.78, 5) is 22.8. The minimum absolute atomic E-state index is 0.140. The summed E-state index contributed by atoms with van der Waals surface area (Å²) in [6, 6.07) is 5.44. The van der Waals surface area contributed by atoms with Crippen molar-refractivity contribution in [1.29, 1.82) is 0 Å². The van der Waals surface area contributed by atoms with E-state index >= 15 is 0 Å². The van der Waals surface area contributed by atoms with Gasteiger partial charge in [-0.25, -0.2) is 4.79 Å². The molecule has 3 N–H and O–H groups in total. The van der Waals surface area contributed by atoms with Crippen molar-refractivity contribution in [3.05, 3.63) is 35.9 Å². The topological polar surface area (TPSA) is 86.6 Å². The zero-order chi connectivity index (χ0) is 15.1. The number of hydrogen-bond donors (Lipinski definition) is 3. The van der Waals surface area contributed by atoms with E-state index in [-0.39, 0.29) is 11.7 Å². The molecule has 0 bridgehead atoms. The smallest absolute Gasteiger partial charge is 0.326 e. The van der Waals surface area contributed by atoms with Gasteiger partial charge in [-0.2, -0.15) is 0 Å². The van der Waals surface area contributed by atoms with Crippen LogP contribution in [0.3, 0.4) is 0 Å². The van der Waals surface area contributed by atoms with Gasteiger partial charge in [-0.15, -0.1) is 0 Å². The average Bonchev–Trinajstić information content (AvgIpc) is 2.43. The highest BCUT2D eigenvalue weighted by Crippen LogP contribution is 2.11. The number of hydrogen-bond acceptors (Lipinski definition) is 3. The Bertz CT molecular complexity index is 493. The molecule has 1 rings (SSSR count). The molecule has 0 saturated heterocycles. The van der Waals surface area contributed by atoms with Crippen molar-refractivity contribution in [2.75, 3.05) is 0 Å². The molecule has 0 radical (unpaired) electrons. The molecule has 1 aromatic carbocycles. The molecule has 0 spiro atoms. The van der Waals surface area contributed by atoms with Gasteiger partial charge in [0.05, 0.1) is 0 Å². The summed E-state index contributed by atoms with van der Waals surface area (Å²) in [7, 11) is 0. The fourth-order valence-electron chi connectivity index (χ4n) is 1.64. The lowest BCUT2D eigenvalue weighted by atomic mass is 9.99. The van der Waals surface area contributed by atoms with Crippen LogP contribution in [0.1, 0.15) is 25.8 Å². The fraction of sp³-hybridized carbons (Fsp3) is 0.333. The summed E-state index contributed by atoms with van der Waals surface area (Å²) >= 11 is 0. The number of aromatic hydroxyl groups is 1. The Morgan fingerprint density at radius 3 is 2.40 bits per heavy atom. The molecule has 5 nitrogen and oxygen atoms in total. The summed E-state index contributed by atoms with van der Waals surface area (Å²) in [6.45, 7) is 3.65. The molecule has 1 unspecified atom stereocenters. The van der Waals surface area contributed by atoms with Crippen molar-refractivity contribution in [2.45, 2.75) is 26.3 Å². The number of phenols is 1. The number of carboxylic acid groups (broad SMARTS) is 1. The summed E-state index contributed by atoms with van der Waals surface area (Å²) < 4.78 is 0. The van der Waals surface area contributed by atoms with Gasteiger partial charge in [-0.3, -0.25) is 4.79 Å². The number of carbonyl (C=O) groups excluding carboxylic acids is 1. The Morgan fingerprint density at radius 1 is 1.30 bits per heavy atom. The highest BCUT2D eigenvalue weighted by Gasteiger charge is 2.24. The van der Waals surface area contributed by atoms with Gasteiger partial charge in [-0.1, -0.05) is 32.4 Å². The van der Waals surface area contributed by atoms with E-state index in [1.807, 2.05) is 6.92 Å². The van der Waals surface area contributed by atoms with Crippen LogP contribution in [0, 0.1) is 5.92 Å². The maximum Gasteiger partial charge on any atom is 0.326 e. The second kappa shape index (κ2) is 7.33. The Balaban J connectivity index is 2.66. The predicted octanol–water partition coefficient (Wildman–Crippen LogP) is 2.02. The lowest BCUT2D eigenvalue weighted by Gasteiger charge is -2.19. The lowest BCUT2D eigenvalue weighted by Crippen LogP contribution is -2.44. The minimum atomic E-state index is -1.04. The van der Waals surface area contributed by atoms with Crippen LogP contribution in [-0.4, -0.2) is 28.1 Å². The van der Waals surface area contributed by atoms with Crippen LogP contribution in [0.5, 0.6) is 5.75 Å². The maximum absolute atomic E-state index is 11.7. The summed E-state index contributed by atoms with van der Waals surface area (Å²) in [5.41, 5.74) is 0.744. The van der Waals surface area contributed by atoms with E-state index in [2.05, 4.69) is 5.32 Å². The maximum atomic E-state index is 11.7. The molecular weight excluding hydrogens is 258 g/mol. The SMILES string of the molecule is CCC(C)[C@H](NC(=O)C=Cc1ccc(O)cc1)C(=O)O. The van der Waals surface area contributed by atoms with E-state index in [0.717, 1.165) is 5.56 Å². The van der Waals surface area contributed by atoms with Crippen molar-refractivity contribution in [3.8, 4) is 5.75 Å². The third-order valence-electron chi connectivity index (χ3n) is 3.10. The Labute approximate surface area is 117 Å². The van der Waals surface area contributed by atoms with Crippen molar-refractivity contribution in [1.82, 2.24) is 5.32 Å². The minimum Gasteiger partial charge on any atom is -0.508 e. The van der Waals surface area contributed by atoms with E-state index < -0.39 is 17.9 Å². The molecule has 0 saturated carbocycles. The van der Waals surface area contributed by atoms with E-state index in [1.165, 1.54) is 18.2 Å². The number of benzene rings is 1. The van der Waals surface area contributed by atoms with Crippen molar-refractivity contribution >= 4 is 18.0 Å². The fourth-order valence-corrected chi connectivity index (χ4v) is 1.64. The summed E-state index contributed by atoms with van der Waals surface area (Å²) in [5.74, 6) is -1.48. The number of carboxylic acids is 1. The second-order valence-corrected chi connectivity index (χ2v) is 4.63. The van der Waals surface area contributed by atoms with Gasteiger partial charge >= 0.3 is 5.97 Å². The Hall–Kier alpha value is -2.30. The first kappa shape index (κ1) is 15.8. The first-order chi connectivity index (χ1) is 9.43. The van der Waals surface area contributed by atoms with Gasteiger partial charge in [0.15, 0.2) is 0 Å². The number of phenolic OH excluding ortho intramolecular Hbond substituents is 1. The number of rotatable bonds is 6. The second-order valence-electron chi connectivity index (χ2n) is 4.63. The normalized spacial score (nSPS) is 13.9. The van der Waals surface area contributed by atoms with Gasteiger partial charge in [-0.05, 0) is 29.7 Å². The summed E-state index contributed by atoms with van der Waals surface area (Å²) in [5, 5.41) is 20.7. The van der Waals surface area contributed by atoms with Crippen LogP contribution in [0.2, 0.25) is 0 Å². The van der Waals surface area contributed by atoms with E-state index in [0.29, 0.717) is 6.42 Å². The molecular formula is C15H19NO4. The van der Waals surface area contributed by atoms with Crippen LogP contribution < -0.4 is 5.32 Å². The van der Waals surface area contributed by atoms with Crippen LogP contribution in [0.4, 0.5) is 0 Å². The quantitative estimate of drug-likeness (QED) is 0.694. The predicted molar refractivity (Wildman–Crippen MR) is 76.2 cm³/mol. The van der Waals surface area contributed by atoms with Crippen molar-refractivity contribution < 1.29 is 19.8 Å². The molecule has 0 aliphatic heterocycles. The van der Waals surface area contributed by atoms with Gasteiger partial charge < -0.3 is 15.5 Å². The standard InChI is InChI=1S/C15H19NO4/c1-3-10(2)14(15(19)20)16-13(18)9-6-11-4-7-12(17)8-5-11/h4-10,14,17H,3H2,1-2H3,(H,16,18)(H,19,20)/t10?,14-/m0/s1. The van der Waals surface area contributed by atoms with Gasteiger partial charge in [0.25, 0.3) is 0 Å². The highest BCUT2D eigenvalue weighted by molar-refractivity contribution is 5.94. The molecule has 0 aliphatic carbocycles. The molecule has 5 heteroatoms. The number of amides is 1. The van der Waals surface area contributed by atoms with Gasteiger partial charge in [0.1, 0.15) is 11.8 Å². The van der Waals surface area contributed by atoms with E-state index in [4.69, 9.17) is 10.2 Å². The average molecular weight is 277 g/mol. The summed E-state index contributed by atoms with van der Waals surface area (Å²) in [6.07, 6.45) is 3.51. The number of carbonyl (C=O) groups is 2. The third kappa shape index (κ3) is 4.76. The van der Waals surface area contributed by atoms with Crippen LogP contribution in [0.15, 0.2) is 30.3 Å². The molecule has 1 amide bonds. The zero-order valence-electron chi connectivity index (χ0n) is 11.5. The zero-order valence-corrected chi connectivity index (χ0v) is 11.5. The Kier molecular flexibility index (Phi) is 5.77. The van der Waals surface area contributed by atoms with Crippen molar-refractivity contribution in [2.24, 2.45) is 5.92 Å². The number of nitrogens with one attached hydrogen (secondary N) is 1. The molecule has 2 atom stereocenters. The molecule has 20 heavy (non-hydrogen) atoms. The lowest BCUT2D eigenvalue weighted by molar-refractivity contribution is -0.142. The van der Waals surface area contributed by atoms with E-state index in [1.54, 1.807) is 25.1 Å². The first-order valence-electron chi connectivity index (χ1n) is 6.44. The van der Waals surface area contributed by atoms with E-state index in [9.17, 15) is 9.59 Å². The highest BCUT2D eigenvalue weighted by atomic mass is 16.4. The molecule has 0 heterocycles. The van der Waals surface area contributed by atoms with Gasteiger partial charge in [0, 0.05) is 6.08 Å². The first-order valence-corrected chi connectivity index (χ1v) is 6.44. The number of aliphatic carboxylic acids is 1. The monoisotopic (exact) mass is 277 g/mol. The molecule has 108 valence electrons.